The number of nitrogens with zero attached hydrogens (tertiary/aromatic N) is 1. The maximum absolute atomic E-state index is 13.2. The van der Waals surface area contributed by atoms with Crippen molar-refractivity contribution >= 4 is 16.9 Å². The first-order chi connectivity index (χ1) is 9.06. The van der Waals surface area contributed by atoms with E-state index in [9.17, 15) is 9.18 Å². The zero-order valence-electron chi connectivity index (χ0n) is 11.1. The van der Waals surface area contributed by atoms with Crippen molar-refractivity contribution < 1.29 is 13.6 Å². The van der Waals surface area contributed by atoms with Crippen LogP contribution in [0, 0.1) is 5.82 Å². The molecule has 0 bridgehead atoms. The van der Waals surface area contributed by atoms with Crippen LogP contribution in [0.5, 0.6) is 0 Å². The number of amides is 1. The molecule has 2 rings (SSSR count). The number of rotatable bonds is 5. The Hall–Kier alpha value is -1.88. The number of furan rings is 1. The number of likely N-dealkylation sites (N-methyl/N-ethyl adjacent to an activating group) is 1. The third kappa shape index (κ3) is 3.54. The van der Waals surface area contributed by atoms with Crippen molar-refractivity contribution in [1.29, 1.82) is 0 Å². The molecule has 0 radical (unpaired) electrons. The molecular formula is C14H17FN2O2. The Morgan fingerprint density at radius 3 is 2.95 bits per heavy atom. The van der Waals surface area contributed by atoms with Gasteiger partial charge in [-0.3, -0.25) is 4.79 Å². The third-order valence-electron chi connectivity index (χ3n) is 2.85. The predicted octanol–water partition coefficient (Wildman–Crippen LogP) is 1.79. The Labute approximate surface area is 111 Å². The highest BCUT2D eigenvalue weighted by atomic mass is 19.1. The average molecular weight is 264 g/mol. The summed E-state index contributed by atoms with van der Waals surface area (Å²) in [5.74, 6) is -0.419. The topological polar surface area (TPSA) is 45.5 Å². The highest BCUT2D eigenvalue weighted by molar-refractivity contribution is 5.87. The van der Waals surface area contributed by atoms with Crippen LogP contribution in [-0.2, 0) is 11.2 Å². The van der Waals surface area contributed by atoms with Gasteiger partial charge in [-0.15, -0.1) is 0 Å². The number of halogens is 1. The lowest BCUT2D eigenvalue weighted by Crippen LogP contribution is -2.32. The molecule has 0 aliphatic carbocycles. The van der Waals surface area contributed by atoms with E-state index < -0.39 is 0 Å². The van der Waals surface area contributed by atoms with E-state index in [-0.39, 0.29) is 18.1 Å². The predicted molar refractivity (Wildman–Crippen MR) is 71.4 cm³/mol. The van der Waals surface area contributed by atoms with Crippen molar-refractivity contribution in [3.8, 4) is 0 Å². The fourth-order valence-electron chi connectivity index (χ4n) is 1.85. The first-order valence-corrected chi connectivity index (χ1v) is 6.13. The molecule has 0 unspecified atom stereocenters. The summed E-state index contributed by atoms with van der Waals surface area (Å²) >= 11 is 0. The van der Waals surface area contributed by atoms with Crippen LogP contribution in [0.4, 0.5) is 4.39 Å². The standard InChI is InChI=1S/C14H17FN2O2/c1-17(2)6-5-16-14(18)7-10-9-19-13-4-3-11(15)8-12(10)13/h3-4,8-9H,5-7H2,1-2H3,(H,16,18). The summed E-state index contributed by atoms with van der Waals surface area (Å²) in [5, 5.41) is 3.47. The molecule has 1 amide bonds. The molecular weight excluding hydrogens is 247 g/mol. The maximum Gasteiger partial charge on any atom is 0.224 e. The molecule has 0 saturated carbocycles. The molecule has 1 N–H and O–H groups in total. The van der Waals surface area contributed by atoms with Gasteiger partial charge in [0.1, 0.15) is 11.4 Å². The number of carbonyl (C=O) groups is 1. The van der Waals surface area contributed by atoms with E-state index in [4.69, 9.17) is 4.42 Å². The molecule has 0 aliphatic rings. The summed E-state index contributed by atoms with van der Waals surface area (Å²) in [6, 6.07) is 4.30. The minimum atomic E-state index is -0.330. The van der Waals surface area contributed by atoms with Gasteiger partial charge in [-0.1, -0.05) is 0 Å². The summed E-state index contributed by atoms with van der Waals surface area (Å²) in [7, 11) is 3.89. The smallest absolute Gasteiger partial charge is 0.224 e. The summed E-state index contributed by atoms with van der Waals surface area (Å²) in [6.45, 7) is 1.38. The monoisotopic (exact) mass is 264 g/mol. The first-order valence-electron chi connectivity index (χ1n) is 6.13. The Balaban J connectivity index is 2.01. The zero-order valence-corrected chi connectivity index (χ0v) is 11.1. The van der Waals surface area contributed by atoms with Crippen LogP contribution >= 0.6 is 0 Å². The fraction of sp³-hybridized carbons (Fsp3) is 0.357. The van der Waals surface area contributed by atoms with Gasteiger partial charge < -0.3 is 14.6 Å². The van der Waals surface area contributed by atoms with Gasteiger partial charge in [0.2, 0.25) is 5.91 Å². The molecule has 0 aliphatic heterocycles. The molecule has 102 valence electrons. The molecule has 1 aromatic carbocycles. The summed E-state index contributed by atoms with van der Waals surface area (Å²) in [5.41, 5.74) is 1.30. The van der Waals surface area contributed by atoms with Crippen molar-refractivity contribution in [3.05, 3.63) is 35.8 Å². The van der Waals surface area contributed by atoms with Gasteiger partial charge in [-0.05, 0) is 32.3 Å². The highest BCUT2D eigenvalue weighted by Crippen LogP contribution is 2.22. The molecule has 4 nitrogen and oxygen atoms in total. The number of fused-ring (bicyclic) bond motifs is 1. The van der Waals surface area contributed by atoms with Gasteiger partial charge in [-0.25, -0.2) is 4.39 Å². The highest BCUT2D eigenvalue weighted by Gasteiger charge is 2.10. The van der Waals surface area contributed by atoms with Crippen molar-refractivity contribution in [3.63, 3.8) is 0 Å². The number of benzene rings is 1. The Morgan fingerprint density at radius 1 is 1.42 bits per heavy atom. The first kappa shape index (κ1) is 13.5. The zero-order chi connectivity index (χ0) is 13.8. The molecule has 0 atom stereocenters. The number of carbonyl (C=O) groups excluding carboxylic acids is 1. The lowest BCUT2D eigenvalue weighted by Gasteiger charge is -2.09. The Bertz CT molecular complexity index is 578. The van der Waals surface area contributed by atoms with Gasteiger partial charge in [-0.2, -0.15) is 0 Å². The summed E-state index contributed by atoms with van der Waals surface area (Å²) in [4.78, 5) is 13.7. The van der Waals surface area contributed by atoms with Crippen LogP contribution in [-0.4, -0.2) is 38.0 Å². The van der Waals surface area contributed by atoms with Crippen molar-refractivity contribution in [2.24, 2.45) is 0 Å². The molecule has 0 fully saturated rings. The van der Waals surface area contributed by atoms with Gasteiger partial charge >= 0.3 is 0 Å². The SMILES string of the molecule is CN(C)CCNC(=O)Cc1coc2ccc(F)cc12. The van der Waals surface area contributed by atoms with E-state index in [1.54, 1.807) is 6.07 Å². The summed E-state index contributed by atoms with van der Waals surface area (Å²) in [6.07, 6.45) is 1.71. The van der Waals surface area contributed by atoms with Crippen LogP contribution in [0.1, 0.15) is 5.56 Å². The van der Waals surface area contributed by atoms with E-state index in [1.165, 1.54) is 18.4 Å². The van der Waals surface area contributed by atoms with Gasteiger partial charge in [0.15, 0.2) is 0 Å². The molecule has 0 saturated heterocycles. The minimum Gasteiger partial charge on any atom is -0.464 e. The molecule has 1 heterocycles. The fourth-order valence-corrected chi connectivity index (χ4v) is 1.85. The van der Waals surface area contributed by atoms with Gasteiger partial charge in [0.25, 0.3) is 0 Å². The second-order valence-electron chi connectivity index (χ2n) is 4.73. The minimum absolute atomic E-state index is 0.0891. The summed E-state index contributed by atoms with van der Waals surface area (Å²) < 4.78 is 18.5. The van der Waals surface area contributed by atoms with Crippen LogP contribution in [0.25, 0.3) is 11.0 Å². The van der Waals surface area contributed by atoms with Crippen LogP contribution < -0.4 is 5.32 Å². The normalized spacial score (nSPS) is 11.2. The average Bonchev–Trinajstić information content (AvgIpc) is 2.71. The maximum atomic E-state index is 13.2. The van der Waals surface area contributed by atoms with Gasteiger partial charge in [0, 0.05) is 24.0 Å². The van der Waals surface area contributed by atoms with Crippen LogP contribution in [0.2, 0.25) is 0 Å². The number of nitrogens with one attached hydrogen (secondary N) is 1. The quantitative estimate of drug-likeness (QED) is 0.895. The number of hydrogen-bond acceptors (Lipinski definition) is 3. The Morgan fingerprint density at radius 2 is 2.21 bits per heavy atom. The lowest BCUT2D eigenvalue weighted by atomic mass is 10.1. The molecule has 5 heteroatoms. The largest absolute Gasteiger partial charge is 0.464 e. The van der Waals surface area contributed by atoms with E-state index in [0.29, 0.717) is 23.1 Å². The number of hydrogen-bond donors (Lipinski definition) is 1. The molecule has 0 spiro atoms. The van der Waals surface area contributed by atoms with Gasteiger partial charge in [0.05, 0.1) is 12.7 Å². The third-order valence-corrected chi connectivity index (χ3v) is 2.85. The molecule has 2 aromatic rings. The molecule has 19 heavy (non-hydrogen) atoms. The van der Waals surface area contributed by atoms with Crippen molar-refractivity contribution in [1.82, 2.24) is 10.2 Å². The van der Waals surface area contributed by atoms with Crippen molar-refractivity contribution in [2.45, 2.75) is 6.42 Å². The van der Waals surface area contributed by atoms with E-state index >= 15 is 0 Å². The van der Waals surface area contributed by atoms with Crippen molar-refractivity contribution in [2.75, 3.05) is 27.2 Å². The molecule has 1 aromatic heterocycles. The van der Waals surface area contributed by atoms with Crippen LogP contribution in [0.3, 0.4) is 0 Å². The van der Waals surface area contributed by atoms with E-state index in [0.717, 1.165) is 6.54 Å². The van der Waals surface area contributed by atoms with E-state index in [2.05, 4.69) is 5.32 Å². The van der Waals surface area contributed by atoms with Crippen LogP contribution in [0.15, 0.2) is 28.9 Å². The second-order valence-corrected chi connectivity index (χ2v) is 4.73. The lowest BCUT2D eigenvalue weighted by molar-refractivity contribution is -0.120. The van der Waals surface area contributed by atoms with E-state index in [1.807, 2.05) is 19.0 Å². The second kappa shape index (κ2) is 5.84. The Kier molecular flexibility index (Phi) is 4.16.